The molecule has 1 aromatic carbocycles. The van der Waals surface area contributed by atoms with Gasteiger partial charge in [0.25, 0.3) is 0 Å². The van der Waals surface area contributed by atoms with Crippen molar-refractivity contribution in [2.75, 3.05) is 20.2 Å². The molecular formula is C21H25NO5. The van der Waals surface area contributed by atoms with Crippen molar-refractivity contribution in [3.63, 3.8) is 0 Å². The third kappa shape index (κ3) is 1.71. The number of aromatic hydroxyl groups is 1. The number of phenolic OH excluding ortho intramolecular Hbond substituents is 1. The minimum absolute atomic E-state index is 0.0676. The van der Waals surface area contributed by atoms with E-state index in [1.807, 2.05) is 6.07 Å². The van der Waals surface area contributed by atoms with Crippen LogP contribution < -0.4 is 4.74 Å². The minimum atomic E-state index is -0.702. The summed E-state index contributed by atoms with van der Waals surface area (Å²) in [5.74, 6) is 1.13. The molecule has 6 rings (SSSR count). The first kappa shape index (κ1) is 16.3. The van der Waals surface area contributed by atoms with Crippen molar-refractivity contribution in [1.82, 2.24) is 0 Å². The lowest BCUT2D eigenvalue weighted by Gasteiger charge is -2.68. The lowest BCUT2D eigenvalue weighted by Crippen LogP contribution is -2.81. The van der Waals surface area contributed by atoms with Crippen LogP contribution in [0.2, 0.25) is 0 Å². The number of methoxy groups -OCH3 is 1. The van der Waals surface area contributed by atoms with Gasteiger partial charge in [0.05, 0.1) is 18.5 Å². The Bertz CT molecular complexity index is 866. The maximum Gasteiger partial charge on any atom is 0.174 e. The van der Waals surface area contributed by atoms with Crippen LogP contribution in [-0.2, 0) is 21.4 Å². The predicted octanol–water partition coefficient (Wildman–Crippen LogP) is 2.19. The van der Waals surface area contributed by atoms with Crippen molar-refractivity contribution in [3.05, 3.63) is 28.5 Å². The van der Waals surface area contributed by atoms with Gasteiger partial charge in [0.1, 0.15) is 11.6 Å². The fraction of sp³-hybridized carbons (Fsp3) is 0.667. The van der Waals surface area contributed by atoms with Crippen LogP contribution in [0.1, 0.15) is 43.2 Å². The van der Waals surface area contributed by atoms with E-state index < -0.39 is 17.1 Å². The van der Waals surface area contributed by atoms with Gasteiger partial charge in [-0.2, -0.15) is 0 Å². The molecule has 0 amide bonds. The number of ketones is 1. The summed E-state index contributed by atoms with van der Waals surface area (Å²) < 4.78 is 12.2. The highest BCUT2D eigenvalue weighted by atomic mass is 16.6. The van der Waals surface area contributed by atoms with Crippen molar-refractivity contribution >= 4 is 5.78 Å². The first-order chi connectivity index (χ1) is 13.0. The summed E-state index contributed by atoms with van der Waals surface area (Å²) in [6, 6.07) is 3.34. The van der Waals surface area contributed by atoms with E-state index in [0.29, 0.717) is 50.4 Å². The number of carbonyl (C=O) groups is 1. The van der Waals surface area contributed by atoms with E-state index in [9.17, 15) is 15.1 Å². The van der Waals surface area contributed by atoms with Gasteiger partial charge in [0, 0.05) is 37.9 Å². The average molecular weight is 371 g/mol. The second-order valence-electron chi connectivity index (χ2n) is 9.25. The Balaban J connectivity index is 1.62. The molecular weight excluding hydrogens is 346 g/mol. The molecule has 1 spiro atoms. The van der Waals surface area contributed by atoms with Gasteiger partial charge in [0.2, 0.25) is 0 Å². The van der Waals surface area contributed by atoms with Crippen molar-refractivity contribution in [2.24, 2.45) is 5.92 Å². The number of hydrogen-bond acceptors (Lipinski definition) is 5. The van der Waals surface area contributed by atoms with Crippen molar-refractivity contribution < 1.29 is 24.0 Å². The van der Waals surface area contributed by atoms with Crippen molar-refractivity contribution in [3.8, 4) is 11.5 Å². The second kappa shape index (κ2) is 4.85. The molecule has 0 aromatic heterocycles. The molecule has 6 heteroatoms. The number of nitrogens with zero attached hydrogens (tertiary/aromatic N) is 1. The zero-order valence-electron chi connectivity index (χ0n) is 15.6. The van der Waals surface area contributed by atoms with E-state index in [4.69, 9.17) is 9.47 Å². The summed E-state index contributed by atoms with van der Waals surface area (Å²) in [6.07, 6.45) is 3.79. The highest BCUT2D eigenvalue weighted by Crippen LogP contribution is 2.67. The normalized spacial score (nSPS) is 44.0. The van der Waals surface area contributed by atoms with Gasteiger partial charge in [-0.1, -0.05) is 6.07 Å². The number of benzene rings is 1. The van der Waals surface area contributed by atoms with E-state index in [1.165, 1.54) is 0 Å². The maximum atomic E-state index is 14.1. The highest BCUT2D eigenvalue weighted by Gasteiger charge is 2.76. The van der Waals surface area contributed by atoms with E-state index >= 15 is 0 Å². The third-order valence-corrected chi connectivity index (χ3v) is 8.18. The first-order valence-corrected chi connectivity index (χ1v) is 10.1. The number of likely N-dealkylation sites (tertiary alicyclic amines) is 1. The average Bonchev–Trinajstić information content (AvgIpc) is 3.38. The minimum Gasteiger partial charge on any atom is -0.632 e. The van der Waals surface area contributed by atoms with Crippen LogP contribution in [0.25, 0.3) is 0 Å². The topological polar surface area (TPSA) is 78.8 Å². The highest BCUT2D eigenvalue weighted by molar-refractivity contribution is 5.90. The molecule has 6 nitrogen and oxygen atoms in total. The molecule has 2 bridgehead atoms. The molecule has 3 aliphatic carbocycles. The molecule has 0 radical (unpaired) electrons. The van der Waals surface area contributed by atoms with Crippen molar-refractivity contribution in [2.45, 2.75) is 61.7 Å². The zero-order valence-corrected chi connectivity index (χ0v) is 15.6. The summed E-state index contributed by atoms with van der Waals surface area (Å²) in [5.41, 5.74) is 0.647. The molecule has 5 atom stereocenters. The molecule has 1 N–H and O–H groups in total. The molecule has 2 heterocycles. The number of Topliss-reactive ketones (excluding diaryl/α,β-unsaturated/α-hetero) is 1. The van der Waals surface area contributed by atoms with Crippen LogP contribution in [0.15, 0.2) is 12.1 Å². The Morgan fingerprint density at radius 3 is 2.93 bits per heavy atom. The van der Waals surface area contributed by atoms with E-state index in [1.54, 1.807) is 13.2 Å². The standard InChI is InChI=1S/C21H25NO5/c1-26-21-7-6-15(24)19-20(21)8-9-22(25,11-12-2-3-12)16(21)10-13-4-5-14(23)18(27-19)17(13)20/h4-5,12,16,19,23H,2-3,6-11H2,1H3/t16-,19+,20+,21?,22?/m1/s1. The Kier molecular flexibility index (Phi) is 2.94. The molecule has 2 aliphatic heterocycles. The molecule has 1 aromatic rings. The maximum absolute atomic E-state index is 14.1. The molecule has 5 aliphatic rings. The first-order valence-electron chi connectivity index (χ1n) is 10.1. The summed E-state index contributed by atoms with van der Waals surface area (Å²) in [7, 11) is 1.69. The van der Waals surface area contributed by atoms with Crippen molar-refractivity contribution in [1.29, 1.82) is 0 Å². The summed E-state index contributed by atoms with van der Waals surface area (Å²) in [5, 5.41) is 24.5. The molecule has 1 saturated heterocycles. The van der Waals surface area contributed by atoms with Gasteiger partial charge >= 0.3 is 0 Å². The monoisotopic (exact) mass is 371 g/mol. The quantitative estimate of drug-likeness (QED) is 0.651. The number of hydroxylamine groups is 3. The Morgan fingerprint density at radius 2 is 2.19 bits per heavy atom. The Morgan fingerprint density at radius 1 is 1.37 bits per heavy atom. The van der Waals surface area contributed by atoms with Crippen LogP contribution in [0.4, 0.5) is 0 Å². The number of piperidine rings is 1. The Hall–Kier alpha value is -1.63. The van der Waals surface area contributed by atoms with Gasteiger partial charge < -0.3 is 24.4 Å². The summed E-state index contributed by atoms with van der Waals surface area (Å²) >= 11 is 0. The van der Waals surface area contributed by atoms with E-state index in [-0.39, 0.29) is 22.2 Å². The number of hydrogen-bond donors (Lipinski definition) is 1. The van der Waals surface area contributed by atoms with Crippen LogP contribution in [0.3, 0.4) is 0 Å². The van der Waals surface area contributed by atoms with Gasteiger partial charge in [-0.25, -0.2) is 0 Å². The lowest BCUT2D eigenvalue weighted by molar-refractivity contribution is -0.924. The zero-order chi connectivity index (χ0) is 18.6. The van der Waals surface area contributed by atoms with Crippen LogP contribution >= 0.6 is 0 Å². The molecule has 144 valence electrons. The van der Waals surface area contributed by atoms with Gasteiger partial charge in [-0.3, -0.25) is 4.79 Å². The number of rotatable bonds is 3. The predicted molar refractivity (Wildman–Crippen MR) is 96.4 cm³/mol. The van der Waals surface area contributed by atoms with Crippen LogP contribution in [0.5, 0.6) is 11.5 Å². The second-order valence-corrected chi connectivity index (χ2v) is 9.25. The number of carbonyl (C=O) groups excluding carboxylic acids is 1. The fourth-order valence-corrected chi connectivity index (χ4v) is 6.93. The number of quaternary nitrogens is 1. The summed E-state index contributed by atoms with van der Waals surface area (Å²) in [4.78, 5) is 12.9. The summed E-state index contributed by atoms with van der Waals surface area (Å²) in [6.45, 7) is 1.15. The third-order valence-electron chi connectivity index (χ3n) is 8.18. The fourth-order valence-electron chi connectivity index (χ4n) is 6.93. The lowest BCUT2D eigenvalue weighted by atomic mass is 9.48. The molecule has 3 fully saturated rings. The van der Waals surface area contributed by atoms with E-state index in [0.717, 1.165) is 24.0 Å². The van der Waals surface area contributed by atoms with E-state index in [2.05, 4.69) is 0 Å². The largest absolute Gasteiger partial charge is 0.632 e. The SMILES string of the molecule is COC12CCC(=O)[C@@H]3Oc4c(O)ccc5c4[C@@]31CC[N+]([O-])(CC1CC1)[C@@H]2C5. The van der Waals surface area contributed by atoms with Crippen LogP contribution in [-0.4, -0.2) is 53.5 Å². The van der Waals surface area contributed by atoms with Gasteiger partial charge in [-0.05, 0) is 30.9 Å². The van der Waals surface area contributed by atoms with Crippen LogP contribution in [0, 0.1) is 11.1 Å². The Labute approximate surface area is 158 Å². The molecule has 27 heavy (non-hydrogen) atoms. The number of ether oxygens (including phenoxy) is 2. The van der Waals surface area contributed by atoms with Gasteiger partial charge in [-0.15, -0.1) is 0 Å². The number of phenols is 1. The molecule has 2 unspecified atom stereocenters. The molecule has 2 saturated carbocycles. The van der Waals surface area contributed by atoms with Gasteiger partial charge in [0.15, 0.2) is 23.4 Å². The smallest absolute Gasteiger partial charge is 0.174 e.